The zero-order valence-electron chi connectivity index (χ0n) is 8.83. The Morgan fingerprint density at radius 2 is 2.29 bits per heavy atom. The van der Waals surface area contributed by atoms with Crippen LogP contribution in [0.4, 0.5) is 10.1 Å². The van der Waals surface area contributed by atoms with Gasteiger partial charge in [-0.2, -0.15) is 0 Å². The van der Waals surface area contributed by atoms with Gasteiger partial charge in [0.05, 0.1) is 0 Å². The number of nitrogens with one attached hydrogen (secondary N) is 1. The molecule has 0 atom stereocenters. The lowest BCUT2D eigenvalue weighted by molar-refractivity contribution is 0.102. The first-order chi connectivity index (χ1) is 8.06. The molecule has 1 amide bonds. The molecule has 1 heterocycles. The molecule has 0 aliphatic rings. The lowest BCUT2D eigenvalue weighted by Gasteiger charge is -2.04. The van der Waals surface area contributed by atoms with Crippen LogP contribution in [-0.4, -0.2) is 10.9 Å². The van der Waals surface area contributed by atoms with Gasteiger partial charge in [-0.25, -0.2) is 9.37 Å². The Bertz CT molecular complexity index is 570. The Balaban J connectivity index is 2.15. The van der Waals surface area contributed by atoms with Crippen LogP contribution >= 0.6 is 27.3 Å². The zero-order valence-corrected chi connectivity index (χ0v) is 11.2. The van der Waals surface area contributed by atoms with Gasteiger partial charge >= 0.3 is 0 Å². The maximum atomic E-state index is 13.0. The molecule has 0 saturated heterocycles. The number of aromatic nitrogens is 1. The average molecular weight is 315 g/mol. The van der Waals surface area contributed by atoms with Crippen LogP contribution in [-0.2, 0) is 0 Å². The van der Waals surface area contributed by atoms with Gasteiger partial charge in [-0.05, 0) is 46.6 Å². The summed E-state index contributed by atoms with van der Waals surface area (Å²) in [6.45, 7) is 1.64. The second kappa shape index (κ2) is 4.93. The van der Waals surface area contributed by atoms with Crippen molar-refractivity contribution in [2.45, 2.75) is 6.92 Å². The normalized spacial score (nSPS) is 10.3. The van der Waals surface area contributed by atoms with Crippen molar-refractivity contribution in [1.82, 2.24) is 4.98 Å². The van der Waals surface area contributed by atoms with E-state index in [0.29, 0.717) is 20.9 Å². The molecule has 3 nitrogen and oxygen atoms in total. The summed E-state index contributed by atoms with van der Waals surface area (Å²) in [7, 11) is 0. The summed E-state index contributed by atoms with van der Waals surface area (Å²) in [4.78, 5) is 15.7. The van der Waals surface area contributed by atoms with Gasteiger partial charge in [0.25, 0.3) is 5.91 Å². The molecule has 2 aromatic rings. The fourth-order valence-corrected chi connectivity index (χ4v) is 2.26. The largest absolute Gasteiger partial charge is 0.321 e. The molecule has 0 bridgehead atoms. The highest BCUT2D eigenvalue weighted by molar-refractivity contribution is 9.11. The van der Waals surface area contributed by atoms with E-state index in [1.807, 2.05) is 0 Å². The summed E-state index contributed by atoms with van der Waals surface area (Å²) in [5, 5.41) is 4.31. The van der Waals surface area contributed by atoms with Gasteiger partial charge in [-0.15, -0.1) is 11.3 Å². The van der Waals surface area contributed by atoms with Crippen molar-refractivity contribution in [3.05, 3.63) is 44.6 Å². The summed E-state index contributed by atoms with van der Waals surface area (Å²) < 4.78 is 13.7. The molecule has 0 radical (unpaired) electrons. The Hall–Kier alpha value is -1.27. The fourth-order valence-electron chi connectivity index (χ4n) is 1.27. The van der Waals surface area contributed by atoms with Gasteiger partial charge in [0.2, 0.25) is 0 Å². The third kappa shape index (κ3) is 2.89. The third-order valence-corrected chi connectivity index (χ3v) is 3.49. The van der Waals surface area contributed by atoms with E-state index in [0.717, 1.165) is 0 Å². The summed E-state index contributed by atoms with van der Waals surface area (Å²) >= 11 is 4.52. The van der Waals surface area contributed by atoms with Crippen LogP contribution in [0.1, 0.15) is 16.1 Å². The van der Waals surface area contributed by atoms with Crippen LogP contribution in [0.2, 0.25) is 0 Å². The van der Waals surface area contributed by atoms with E-state index in [9.17, 15) is 9.18 Å². The molecule has 1 aromatic heterocycles. The number of thiazole rings is 1. The minimum Gasteiger partial charge on any atom is -0.321 e. The first-order valence-electron chi connectivity index (χ1n) is 4.75. The molecule has 6 heteroatoms. The van der Waals surface area contributed by atoms with Crippen LogP contribution in [0.25, 0.3) is 0 Å². The maximum absolute atomic E-state index is 13.0. The van der Waals surface area contributed by atoms with Crippen molar-refractivity contribution in [2.75, 3.05) is 5.32 Å². The molecule has 0 spiro atoms. The molecule has 17 heavy (non-hydrogen) atoms. The van der Waals surface area contributed by atoms with Crippen LogP contribution in [0.5, 0.6) is 0 Å². The molecular weight excluding hydrogens is 307 g/mol. The lowest BCUT2D eigenvalue weighted by Crippen LogP contribution is -2.12. The second-order valence-corrected chi connectivity index (χ2v) is 5.54. The molecule has 0 fully saturated rings. The Labute approximate surface area is 110 Å². The molecule has 0 saturated carbocycles. The molecule has 0 unspecified atom stereocenters. The minimum atomic E-state index is -0.307. The standard InChI is InChI=1S/C11H8BrFN2OS/c1-6-4-7(2-3-8(6)13)14-10(16)9-5-17-11(12)15-9/h2-5H,1H3,(H,14,16). The minimum absolute atomic E-state index is 0.292. The summed E-state index contributed by atoms with van der Waals surface area (Å²) in [6.07, 6.45) is 0. The van der Waals surface area contributed by atoms with Crippen molar-refractivity contribution in [1.29, 1.82) is 0 Å². The fraction of sp³-hybridized carbons (Fsp3) is 0.0909. The number of aryl methyl sites for hydroxylation is 1. The number of anilines is 1. The smallest absolute Gasteiger partial charge is 0.275 e. The summed E-state index contributed by atoms with van der Waals surface area (Å²) in [5.74, 6) is -0.600. The van der Waals surface area contributed by atoms with Gasteiger partial charge in [0, 0.05) is 11.1 Å². The lowest BCUT2D eigenvalue weighted by atomic mass is 10.2. The Kier molecular flexibility index (Phi) is 3.54. The van der Waals surface area contributed by atoms with E-state index >= 15 is 0 Å². The van der Waals surface area contributed by atoms with Crippen molar-refractivity contribution < 1.29 is 9.18 Å². The Morgan fingerprint density at radius 3 is 2.88 bits per heavy atom. The maximum Gasteiger partial charge on any atom is 0.275 e. The number of benzene rings is 1. The number of nitrogens with zero attached hydrogens (tertiary/aromatic N) is 1. The predicted molar refractivity (Wildman–Crippen MR) is 68.9 cm³/mol. The highest BCUT2D eigenvalue weighted by Gasteiger charge is 2.10. The van der Waals surface area contributed by atoms with Gasteiger partial charge in [0.15, 0.2) is 3.92 Å². The van der Waals surface area contributed by atoms with Gasteiger partial charge in [-0.1, -0.05) is 0 Å². The molecule has 0 aliphatic carbocycles. The average Bonchev–Trinajstić information content (AvgIpc) is 2.70. The monoisotopic (exact) mass is 314 g/mol. The van der Waals surface area contributed by atoms with Crippen molar-refractivity contribution in [2.24, 2.45) is 0 Å². The number of carbonyl (C=O) groups is 1. The van der Waals surface area contributed by atoms with E-state index in [1.54, 1.807) is 18.4 Å². The van der Waals surface area contributed by atoms with Crippen LogP contribution in [0.15, 0.2) is 27.5 Å². The molecule has 0 aliphatic heterocycles. The van der Waals surface area contributed by atoms with Gasteiger partial charge < -0.3 is 5.32 Å². The van der Waals surface area contributed by atoms with E-state index in [2.05, 4.69) is 26.2 Å². The van der Waals surface area contributed by atoms with E-state index in [-0.39, 0.29) is 11.7 Å². The molecule has 1 N–H and O–H groups in total. The molecular formula is C11H8BrFN2OS. The number of halogens is 2. The highest BCUT2D eigenvalue weighted by Crippen LogP contribution is 2.18. The van der Waals surface area contributed by atoms with Crippen molar-refractivity contribution in [3.8, 4) is 0 Å². The number of carbonyl (C=O) groups excluding carboxylic acids is 1. The number of hydrogen-bond acceptors (Lipinski definition) is 3. The predicted octanol–water partition coefficient (Wildman–Crippen LogP) is 3.61. The van der Waals surface area contributed by atoms with Crippen LogP contribution < -0.4 is 5.32 Å². The third-order valence-electron chi connectivity index (χ3n) is 2.12. The number of hydrogen-bond donors (Lipinski definition) is 1. The topological polar surface area (TPSA) is 42.0 Å². The van der Waals surface area contributed by atoms with E-state index in [4.69, 9.17) is 0 Å². The van der Waals surface area contributed by atoms with E-state index < -0.39 is 0 Å². The van der Waals surface area contributed by atoms with Gasteiger partial charge in [-0.3, -0.25) is 4.79 Å². The van der Waals surface area contributed by atoms with Crippen LogP contribution in [0, 0.1) is 12.7 Å². The first-order valence-corrected chi connectivity index (χ1v) is 6.42. The number of amides is 1. The summed E-state index contributed by atoms with van der Waals surface area (Å²) in [5.41, 5.74) is 1.38. The summed E-state index contributed by atoms with van der Waals surface area (Å²) in [6, 6.07) is 4.41. The molecule has 88 valence electrons. The number of rotatable bonds is 2. The SMILES string of the molecule is Cc1cc(NC(=O)c2csc(Br)n2)ccc1F. The zero-order chi connectivity index (χ0) is 12.4. The van der Waals surface area contributed by atoms with E-state index in [1.165, 1.54) is 23.5 Å². The quantitative estimate of drug-likeness (QED) is 0.920. The molecule has 2 rings (SSSR count). The molecule has 1 aromatic carbocycles. The first kappa shape index (κ1) is 12.2. The van der Waals surface area contributed by atoms with Crippen molar-refractivity contribution in [3.63, 3.8) is 0 Å². The van der Waals surface area contributed by atoms with Crippen molar-refractivity contribution >= 4 is 38.9 Å². The van der Waals surface area contributed by atoms with Crippen LogP contribution in [0.3, 0.4) is 0 Å². The highest BCUT2D eigenvalue weighted by atomic mass is 79.9. The Morgan fingerprint density at radius 1 is 1.53 bits per heavy atom. The van der Waals surface area contributed by atoms with Gasteiger partial charge in [0.1, 0.15) is 11.5 Å². The second-order valence-electron chi connectivity index (χ2n) is 3.40.